The molecule has 0 atom stereocenters. The van der Waals surface area contributed by atoms with Gasteiger partial charge in [-0.1, -0.05) is 18.2 Å². The minimum atomic E-state index is -0.323. The van der Waals surface area contributed by atoms with Crippen molar-refractivity contribution in [1.29, 1.82) is 0 Å². The number of amides is 1. The summed E-state index contributed by atoms with van der Waals surface area (Å²) in [6.45, 7) is 1.93. The highest BCUT2D eigenvalue weighted by Gasteiger charge is 2.28. The fraction of sp³-hybridized carbons (Fsp3) is 0.125. The SMILES string of the molecule is Cc1ccc2c(N)c(C(=O)c3ccc4c(c3)CCC(=O)N4)n(C(=O)c3cccs3)c2c1. The number of carbonyl (C=O) groups is 3. The number of aryl methyl sites for hydroxylation is 2. The van der Waals surface area contributed by atoms with Crippen LogP contribution in [0.3, 0.4) is 0 Å². The average molecular weight is 430 g/mol. The molecule has 1 amide bonds. The van der Waals surface area contributed by atoms with Crippen molar-refractivity contribution in [3.63, 3.8) is 0 Å². The van der Waals surface area contributed by atoms with Crippen LogP contribution in [0.25, 0.3) is 10.9 Å². The third-order valence-corrected chi connectivity index (χ3v) is 6.43. The lowest BCUT2D eigenvalue weighted by molar-refractivity contribution is -0.116. The Hall–Kier alpha value is -3.71. The van der Waals surface area contributed by atoms with E-state index in [1.807, 2.05) is 30.5 Å². The van der Waals surface area contributed by atoms with Gasteiger partial charge in [0.25, 0.3) is 5.91 Å². The fourth-order valence-corrected chi connectivity index (χ4v) is 4.68. The highest BCUT2D eigenvalue weighted by atomic mass is 32.1. The number of ketones is 1. The lowest BCUT2D eigenvalue weighted by Crippen LogP contribution is -2.21. The monoisotopic (exact) mass is 429 g/mol. The van der Waals surface area contributed by atoms with Gasteiger partial charge in [0.1, 0.15) is 5.69 Å². The van der Waals surface area contributed by atoms with Crippen LogP contribution in [-0.2, 0) is 11.2 Å². The number of nitrogens with two attached hydrogens (primary N) is 1. The molecule has 3 heterocycles. The first-order chi connectivity index (χ1) is 14.9. The molecule has 1 aliphatic rings. The highest BCUT2D eigenvalue weighted by molar-refractivity contribution is 7.12. The van der Waals surface area contributed by atoms with E-state index in [0.29, 0.717) is 39.9 Å². The lowest BCUT2D eigenvalue weighted by atomic mass is 9.97. The minimum absolute atomic E-state index is 0.0344. The van der Waals surface area contributed by atoms with Gasteiger partial charge in [-0.2, -0.15) is 0 Å². The minimum Gasteiger partial charge on any atom is -0.396 e. The molecular formula is C24H19N3O3S. The number of rotatable bonds is 3. The van der Waals surface area contributed by atoms with Crippen LogP contribution in [0.2, 0.25) is 0 Å². The Morgan fingerprint density at radius 2 is 1.94 bits per heavy atom. The van der Waals surface area contributed by atoms with Crippen molar-refractivity contribution in [2.75, 3.05) is 11.1 Å². The Balaban J connectivity index is 1.70. The van der Waals surface area contributed by atoms with E-state index < -0.39 is 0 Å². The molecule has 4 aromatic rings. The largest absolute Gasteiger partial charge is 0.396 e. The van der Waals surface area contributed by atoms with E-state index in [2.05, 4.69) is 5.32 Å². The van der Waals surface area contributed by atoms with Crippen LogP contribution in [0.4, 0.5) is 11.4 Å². The summed E-state index contributed by atoms with van der Waals surface area (Å²) in [5.41, 5.74) is 10.5. The summed E-state index contributed by atoms with van der Waals surface area (Å²) < 4.78 is 1.44. The van der Waals surface area contributed by atoms with E-state index in [0.717, 1.165) is 11.1 Å². The van der Waals surface area contributed by atoms with Crippen LogP contribution in [-0.4, -0.2) is 22.2 Å². The van der Waals surface area contributed by atoms with Crippen LogP contribution in [0.15, 0.2) is 53.9 Å². The molecule has 2 aromatic carbocycles. The van der Waals surface area contributed by atoms with E-state index >= 15 is 0 Å². The number of fused-ring (bicyclic) bond motifs is 2. The molecule has 2 aromatic heterocycles. The van der Waals surface area contributed by atoms with E-state index in [-0.39, 0.29) is 29.0 Å². The van der Waals surface area contributed by atoms with Crippen molar-refractivity contribution < 1.29 is 14.4 Å². The second kappa shape index (κ2) is 7.21. The first-order valence-corrected chi connectivity index (χ1v) is 10.8. The zero-order valence-electron chi connectivity index (χ0n) is 16.8. The quantitative estimate of drug-likeness (QED) is 0.472. The predicted molar refractivity (Wildman–Crippen MR) is 122 cm³/mol. The van der Waals surface area contributed by atoms with Crippen LogP contribution in [0.5, 0.6) is 0 Å². The third kappa shape index (κ3) is 3.14. The molecule has 6 nitrogen and oxygen atoms in total. The second-order valence-corrected chi connectivity index (χ2v) is 8.60. The summed E-state index contributed by atoms with van der Waals surface area (Å²) in [7, 11) is 0. The average Bonchev–Trinajstić information content (AvgIpc) is 3.39. The number of hydrogen-bond acceptors (Lipinski definition) is 5. The molecule has 31 heavy (non-hydrogen) atoms. The number of nitrogen functional groups attached to an aromatic ring is 1. The number of hydrogen-bond donors (Lipinski definition) is 2. The molecule has 0 aliphatic carbocycles. The second-order valence-electron chi connectivity index (χ2n) is 7.65. The van der Waals surface area contributed by atoms with Gasteiger partial charge < -0.3 is 11.1 Å². The van der Waals surface area contributed by atoms with Crippen LogP contribution in [0.1, 0.15) is 43.3 Å². The molecular weight excluding hydrogens is 410 g/mol. The van der Waals surface area contributed by atoms with Crippen molar-refractivity contribution in [1.82, 2.24) is 4.57 Å². The number of carbonyl (C=O) groups excluding carboxylic acids is 3. The van der Waals surface area contributed by atoms with Gasteiger partial charge in [-0.25, -0.2) is 0 Å². The maximum absolute atomic E-state index is 13.6. The Labute approximate surface area is 182 Å². The molecule has 1 aliphatic heterocycles. The van der Waals surface area contributed by atoms with Crippen LogP contribution >= 0.6 is 11.3 Å². The number of aromatic nitrogens is 1. The summed E-state index contributed by atoms with van der Waals surface area (Å²) in [5, 5.41) is 5.32. The Morgan fingerprint density at radius 1 is 1.10 bits per heavy atom. The lowest BCUT2D eigenvalue weighted by Gasteiger charge is -2.17. The van der Waals surface area contributed by atoms with E-state index in [9.17, 15) is 14.4 Å². The summed E-state index contributed by atoms with van der Waals surface area (Å²) in [6, 6.07) is 14.3. The van der Waals surface area contributed by atoms with Gasteiger partial charge >= 0.3 is 0 Å². The molecule has 7 heteroatoms. The first kappa shape index (κ1) is 19.3. The predicted octanol–water partition coefficient (Wildman–Crippen LogP) is 4.40. The van der Waals surface area contributed by atoms with Crippen molar-refractivity contribution in [3.8, 4) is 0 Å². The third-order valence-electron chi connectivity index (χ3n) is 5.58. The number of nitrogens with zero attached hydrogens (tertiary/aromatic N) is 1. The molecule has 0 radical (unpaired) electrons. The Bertz CT molecular complexity index is 1380. The van der Waals surface area contributed by atoms with Gasteiger partial charge in [-0.05, 0) is 60.2 Å². The smallest absolute Gasteiger partial charge is 0.273 e. The van der Waals surface area contributed by atoms with E-state index in [1.54, 1.807) is 30.3 Å². The molecule has 3 N–H and O–H groups in total. The summed E-state index contributed by atoms with van der Waals surface area (Å²) in [6.07, 6.45) is 0.942. The van der Waals surface area contributed by atoms with E-state index in [1.165, 1.54) is 15.9 Å². The number of nitrogens with one attached hydrogen (secondary N) is 1. The maximum atomic E-state index is 13.6. The topological polar surface area (TPSA) is 94.2 Å². The number of benzene rings is 2. The van der Waals surface area contributed by atoms with Crippen molar-refractivity contribution in [2.45, 2.75) is 19.8 Å². The van der Waals surface area contributed by atoms with Crippen molar-refractivity contribution in [2.24, 2.45) is 0 Å². The summed E-state index contributed by atoms with van der Waals surface area (Å²) >= 11 is 1.32. The molecule has 154 valence electrons. The molecule has 0 fully saturated rings. The zero-order valence-corrected chi connectivity index (χ0v) is 17.6. The summed E-state index contributed by atoms with van der Waals surface area (Å²) in [5.74, 6) is -0.639. The van der Waals surface area contributed by atoms with Crippen molar-refractivity contribution in [3.05, 3.63) is 81.2 Å². The van der Waals surface area contributed by atoms with Gasteiger partial charge in [-0.3, -0.25) is 19.0 Å². The van der Waals surface area contributed by atoms with Gasteiger partial charge in [0.2, 0.25) is 11.7 Å². The van der Waals surface area contributed by atoms with Gasteiger partial charge in [-0.15, -0.1) is 11.3 Å². The first-order valence-electron chi connectivity index (χ1n) is 9.90. The molecule has 0 saturated heterocycles. The summed E-state index contributed by atoms with van der Waals surface area (Å²) in [4.78, 5) is 39.2. The van der Waals surface area contributed by atoms with Gasteiger partial charge in [0.05, 0.1) is 16.1 Å². The molecule has 0 bridgehead atoms. The number of anilines is 2. The molecule has 0 saturated carbocycles. The number of thiophene rings is 1. The fourth-order valence-electron chi connectivity index (χ4n) is 4.03. The Morgan fingerprint density at radius 3 is 2.71 bits per heavy atom. The van der Waals surface area contributed by atoms with E-state index in [4.69, 9.17) is 5.73 Å². The molecule has 0 unspecified atom stereocenters. The van der Waals surface area contributed by atoms with Crippen LogP contribution in [0, 0.1) is 6.92 Å². The highest BCUT2D eigenvalue weighted by Crippen LogP contribution is 2.33. The normalized spacial score (nSPS) is 13.1. The van der Waals surface area contributed by atoms with Crippen LogP contribution < -0.4 is 11.1 Å². The van der Waals surface area contributed by atoms with Crippen molar-refractivity contribution >= 4 is 51.2 Å². The Kier molecular flexibility index (Phi) is 4.48. The standard InChI is InChI=1S/C24H19N3O3S/c1-13-4-7-16-18(11-13)27(24(30)19-3-2-10-31-19)22(21(16)25)23(29)15-5-8-17-14(12-15)6-9-20(28)26-17/h2-5,7-8,10-12H,6,9,25H2,1H3,(H,26,28). The maximum Gasteiger partial charge on any atom is 0.273 e. The molecule has 0 spiro atoms. The zero-order chi connectivity index (χ0) is 21.7. The van der Waals surface area contributed by atoms with Gasteiger partial charge in [0, 0.05) is 23.1 Å². The molecule has 5 rings (SSSR count). The van der Waals surface area contributed by atoms with Gasteiger partial charge in [0.15, 0.2) is 0 Å².